The van der Waals surface area contributed by atoms with E-state index < -0.39 is 0 Å². The van der Waals surface area contributed by atoms with Gasteiger partial charge >= 0.3 is 0 Å². The van der Waals surface area contributed by atoms with Crippen molar-refractivity contribution in [3.05, 3.63) is 16.9 Å². The lowest BCUT2D eigenvalue weighted by molar-refractivity contribution is -0.118. The average molecular weight is 320 g/mol. The maximum absolute atomic E-state index is 12.0. The van der Waals surface area contributed by atoms with Crippen LogP contribution in [0.4, 0.5) is 0 Å². The topological polar surface area (TPSA) is 52.8 Å². The second-order valence-corrected chi connectivity index (χ2v) is 6.71. The van der Waals surface area contributed by atoms with Crippen LogP contribution in [0.3, 0.4) is 0 Å². The SMILES string of the molecule is CCn1c(=NC(=O)CC(C)C)sc2cc3c(cc21)OCCO3. The van der Waals surface area contributed by atoms with Crippen molar-refractivity contribution in [3.8, 4) is 11.5 Å². The number of thiazole rings is 1. The maximum atomic E-state index is 12.0. The van der Waals surface area contributed by atoms with Gasteiger partial charge in [0, 0.05) is 25.1 Å². The normalized spacial score (nSPS) is 14.8. The predicted molar refractivity (Wildman–Crippen MR) is 86.5 cm³/mol. The monoisotopic (exact) mass is 320 g/mol. The summed E-state index contributed by atoms with van der Waals surface area (Å²) in [6.07, 6.45) is 0.473. The van der Waals surface area contributed by atoms with E-state index in [0.717, 1.165) is 33.1 Å². The van der Waals surface area contributed by atoms with Crippen molar-refractivity contribution in [2.45, 2.75) is 33.7 Å². The fraction of sp³-hybridized carbons (Fsp3) is 0.500. The molecule has 0 N–H and O–H groups in total. The van der Waals surface area contributed by atoms with E-state index in [-0.39, 0.29) is 5.91 Å². The number of hydrogen-bond donors (Lipinski definition) is 0. The van der Waals surface area contributed by atoms with Gasteiger partial charge in [-0.05, 0) is 12.8 Å². The Kier molecular flexibility index (Phi) is 4.20. The smallest absolute Gasteiger partial charge is 0.248 e. The Labute approximate surface area is 133 Å². The Hall–Kier alpha value is -1.82. The van der Waals surface area contributed by atoms with Gasteiger partial charge in [0.05, 0.1) is 10.2 Å². The third kappa shape index (κ3) is 2.88. The quantitative estimate of drug-likeness (QED) is 0.873. The maximum Gasteiger partial charge on any atom is 0.248 e. The summed E-state index contributed by atoms with van der Waals surface area (Å²) in [7, 11) is 0. The van der Waals surface area contributed by atoms with E-state index in [1.165, 1.54) is 11.3 Å². The van der Waals surface area contributed by atoms with Crippen molar-refractivity contribution in [2.24, 2.45) is 10.9 Å². The van der Waals surface area contributed by atoms with E-state index >= 15 is 0 Å². The molecule has 6 heteroatoms. The second-order valence-electron chi connectivity index (χ2n) is 5.70. The van der Waals surface area contributed by atoms with Crippen LogP contribution in [0.5, 0.6) is 11.5 Å². The third-order valence-electron chi connectivity index (χ3n) is 3.47. The molecular formula is C16H20N2O3S. The minimum atomic E-state index is -0.0685. The van der Waals surface area contributed by atoms with Crippen LogP contribution >= 0.6 is 11.3 Å². The number of amides is 1. The highest BCUT2D eigenvalue weighted by Gasteiger charge is 2.16. The summed E-state index contributed by atoms with van der Waals surface area (Å²) in [4.78, 5) is 17.0. The number of fused-ring (bicyclic) bond motifs is 2. The first-order chi connectivity index (χ1) is 10.6. The first-order valence-corrected chi connectivity index (χ1v) is 8.40. The Bertz CT molecular complexity index is 774. The summed E-state index contributed by atoms with van der Waals surface area (Å²) in [5.74, 6) is 1.78. The fourth-order valence-corrected chi connectivity index (χ4v) is 3.62. The van der Waals surface area contributed by atoms with Crippen molar-refractivity contribution in [1.82, 2.24) is 4.57 Å². The number of ether oxygens (including phenoxy) is 2. The molecule has 118 valence electrons. The number of rotatable bonds is 3. The summed E-state index contributed by atoms with van der Waals surface area (Å²) in [6, 6.07) is 3.96. The van der Waals surface area contributed by atoms with Crippen LogP contribution in [-0.4, -0.2) is 23.7 Å². The molecule has 1 aromatic carbocycles. The Morgan fingerprint density at radius 2 is 2.00 bits per heavy atom. The molecule has 2 heterocycles. The van der Waals surface area contributed by atoms with E-state index in [4.69, 9.17) is 9.47 Å². The minimum Gasteiger partial charge on any atom is -0.486 e. The van der Waals surface area contributed by atoms with E-state index in [1.54, 1.807) is 0 Å². The van der Waals surface area contributed by atoms with Crippen LogP contribution in [0.1, 0.15) is 27.2 Å². The van der Waals surface area contributed by atoms with Crippen LogP contribution in [0.25, 0.3) is 10.2 Å². The van der Waals surface area contributed by atoms with E-state index in [0.29, 0.717) is 25.6 Å². The predicted octanol–water partition coefficient (Wildman–Crippen LogP) is 2.97. The zero-order valence-corrected chi connectivity index (χ0v) is 13.9. The van der Waals surface area contributed by atoms with Crippen LogP contribution in [0, 0.1) is 5.92 Å². The number of carbonyl (C=O) groups excluding carboxylic acids is 1. The minimum absolute atomic E-state index is 0.0685. The van der Waals surface area contributed by atoms with Gasteiger partial charge in [-0.1, -0.05) is 25.2 Å². The lowest BCUT2D eigenvalue weighted by Crippen LogP contribution is -2.17. The molecule has 0 aliphatic carbocycles. The molecule has 0 atom stereocenters. The lowest BCUT2D eigenvalue weighted by Gasteiger charge is -2.18. The molecule has 2 aromatic rings. The summed E-state index contributed by atoms with van der Waals surface area (Å²) in [6.45, 7) is 7.99. The van der Waals surface area contributed by atoms with Crippen molar-refractivity contribution >= 4 is 27.5 Å². The number of benzene rings is 1. The molecule has 5 nitrogen and oxygen atoms in total. The van der Waals surface area contributed by atoms with Crippen molar-refractivity contribution in [2.75, 3.05) is 13.2 Å². The summed E-state index contributed by atoms with van der Waals surface area (Å²) in [5.41, 5.74) is 1.04. The van der Waals surface area contributed by atoms with Gasteiger partial charge in [-0.15, -0.1) is 0 Å². The van der Waals surface area contributed by atoms with Crippen molar-refractivity contribution < 1.29 is 14.3 Å². The van der Waals surface area contributed by atoms with E-state index in [1.807, 2.05) is 26.0 Å². The van der Waals surface area contributed by atoms with Crippen molar-refractivity contribution in [3.63, 3.8) is 0 Å². The first kappa shape index (κ1) is 15.1. The van der Waals surface area contributed by atoms with Crippen LogP contribution < -0.4 is 14.3 Å². The summed E-state index contributed by atoms with van der Waals surface area (Å²) in [5, 5.41) is 0. The van der Waals surface area contributed by atoms with Gasteiger partial charge in [0.2, 0.25) is 5.91 Å². The second kappa shape index (κ2) is 6.12. The number of aromatic nitrogens is 1. The molecular weight excluding hydrogens is 300 g/mol. The standard InChI is InChI=1S/C16H20N2O3S/c1-4-18-11-8-12-13(21-6-5-20-12)9-14(11)22-16(18)17-15(19)7-10(2)3/h8-10H,4-7H2,1-3H3. The molecule has 0 spiro atoms. The molecule has 0 fully saturated rings. The number of aryl methyl sites for hydroxylation is 1. The Balaban J connectivity index is 2.11. The Morgan fingerprint density at radius 1 is 1.32 bits per heavy atom. The molecule has 0 radical (unpaired) electrons. The molecule has 1 aromatic heterocycles. The molecule has 0 unspecified atom stereocenters. The molecule has 0 bridgehead atoms. The van der Waals surface area contributed by atoms with Gasteiger partial charge in [0.25, 0.3) is 0 Å². The van der Waals surface area contributed by atoms with E-state index in [2.05, 4.69) is 16.5 Å². The van der Waals surface area contributed by atoms with E-state index in [9.17, 15) is 4.79 Å². The number of hydrogen-bond acceptors (Lipinski definition) is 4. The van der Waals surface area contributed by atoms with Gasteiger partial charge in [0.15, 0.2) is 16.3 Å². The largest absolute Gasteiger partial charge is 0.486 e. The zero-order valence-electron chi connectivity index (χ0n) is 13.1. The zero-order chi connectivity index (χ0) is 15.7. The molecule has 0 saturated carbocycles. The molecule has 22 heavy (non-hydrogen) atoms. The molecule has 3 rings (SSSR count). The van der Waals surface area contributed by atoms with Gasteiger partial charge < -0.3 is 14.0 Å². The highest BCUT2D eigenvalue weighted by atomic mass is 32.1. The molecule has 0 saturated heterocycles. The highest BCUT2D eigenvalue weighted by molar-refractivity contribution is 7.16. The van der Waals surface area contributed by atoms with Gasteiger partial charge in [-0.3, -0.25) is 4.79 Å². The fourth-order valence-electron chi connectivity index (χ4n) is 2.50. The van der Waals surface area contributed by atoms with Crippen molar-refractivity contribution in [1.29, 1.82) is 0 Å². The average Bonchev–Trinajstić information content (AvgIpc) is 2.79. The summed E-state index contributed by atoms with van der Waals surface area (Å²) >= 11 is 1.52. The first-order valence-electron chi connectivity index (χ1n) is 7.59. The van der Waals surface area contributed by atoms with Crippen LogP contribution in [-0.2, 0) is 11.3 Å². The Morgan fingerprint density at radius 3 is 2.64 bits per heavy atom. The highest BCUT2D eigenvalue weighted by Crippen LogP contribution is 2.35. The van der Waals surface area contributed by atoms with Crippen LogP contribution in [0.2, 0.25) is 0 Å². The molecule has 1 amide bonds. The third-order valence-corrected chi connectivity index (χ3v) is 4.51. The lowest BCUT2D eigenvalue weighted by atomic mass is 10.1. The van der Waals surface area contributed by atoms with Gasteiger partial charge in [-0.2, -0.15) is 4.99 Å². The van der Waals surface area contributed by atoms with Crippen LogP contribution in [0.15, 0.2) is 17.1 Å². The summed E-state index contributed by atoms with van der Waals surface area (Å²) < 4.78 is 14.4. The van der Waals surface area contributed by atoms with Gasteiger partial charge in [0.1, 0.15) is 13.2 Å². The number of nitrogens with zero attached hydrogens (tertiary/aromatic N) is 2. The molecule has 1 aliphatic heterocycles. The van der Waals surface area contributed by atoms with Gasteiger partial charge in [-0.25, -0.2) is 0 Å². The number of carbonyl (C=O) groups is 1. The molecule has 1 aliphatic rings.